The summed E-state index contributed by atoms with van der Waals surface area (Å²) < 4.78 is 22.2. The highest BCUT2D eigenvalue weighted by molar-refractivity contribution is 7.46. The molecule has 2 aromatic heterocycles. The molecule has 3 N–H and O–H groups in total. The van der Waals surface area contributed by atoms with Crippen molar-refractivity contribution in [3.05, 3.63) is 17.8 Å². The normalized spacial score (nSPS) is 25.9. The fourth-order valence-corrected chi connectivity index (χ4v) is 2.76. The van der Waals surface area contributed by atoms with E-state index in [1.807, 2.05) is 0 Å². The second-order valence-electron chi connectivity index (χ2n) is 4.71. The van der Waals surface area contributed by atoms with Gasteiger partial charge in [-0.1, -0.05) is 11.6 Å². The van der Waals surface area contributed by atoms with E-state index in [-0.39, 0.29) is 11.6 Å². The van der Waals surface area contributed by atoms with Crippen LogP contribution in [0.5, 0.6) is 0 Å². The Bertz CT molecular complexity index is 735. The van der Waals surface area contributed by atoms with Gasteiger partial charge in [-0.3, -0.25) is 9.09 Å². The minimum Gasteiger partial charge on any atom is -0.390 e. The number of ether oxygens (including phenoxy) is 1. The molecule has 1 fully saturated rings. The van der Waals surface area contributed by atoms with Crippen LogP contribution in [-0.4, -0.2) is 53.2 Å². The number of aromatic nitrogens is 4. The second-order valence-corrected chi connectivity index (χ2v) is 6.30. The molecule has 2 aromatic rings. The smallest absolute Gasteiger partial charge is 0.390 e. The average molecular weight is 351 g/mol. The number of phosphoric ester groups is 1. The van der Waals surface area contributed by atoms with E-state index >= 15 is 0 Å². The van der Waals surface area contributed by atoms with Crippen LogP contribution in [-0.2, 0) is 13.8 Å². The summed E-state index contributed by atoms with van der Waals surface area (Å²) >= 11 is 5.91. The highest BCUT2D eigenvalue weighted by Gasteiger charge is 2.37. The maximum absolute atomic E-state index is 10.7. The number of rotatable bonds is 4. The topological polar surface area (TPSA) is 140 Å². The van der Waals surface area contributed by atoms with Crippen LogP contribution >= 0.6 is 19.4 Å². The highest BCUT2D eigenvalue weighted by atomic mass is 35.5. The molecule has 0 aliphatic carbocycles. The van der Waals surface area contributed by atoms with Gasteiger partial charge in [-0.15, -0.1) is 0 Å². The van der Waals surface area contributed by atoms with E-state index in [2.05, 4.69) is 19.5 Å². The number of aliphatic hydroxyl groups excluding tert-OH is 1. The zero-order chi connectivity index (χ0) is 15.9. The molecule has 3 heterocycles. The summed E-state index contributed by atoms with van der Waals surface area (Å²) in [6.45, 7) is -0.426. The standard InChI is InChI=1S/C10H12ClN4O6P/c11-9-8-10(13-3-12-9)15(4-14-8)7-1-5(16)6(21-7)2-20-22(17,18)19/h3-7,16H,1-2H2,(H2,17,18,19)/t5?,6-,7-/m1/s1. The molecule has 0 aromatic carbocycles. The van der Waals surface area contributed by atoms with Crippen LogP contribution in [0, 0.1) is 0 Å². The second kappa shape index (κ2) is 5.82. The molecule has 10 nitrogen and oxygen atoms in total. The summed E-state index contributed by atoms with van der Waals surface area (Å²) in [6.07, 6.45) is 0.523. The van der Waals surface area contributed by atoms with Gasteiger partial charge in [0, 0.05) is 6.42 Å². The number of halogens is 1. The number of nitrogens with zero attached hydrogens (tertiary/aromatic N) is 4. The SMILES string of the molecule is O=P(O)(O)OC[C@H]1O[C@@H](n2cnc3c(Cl)ncnc32)CC1O. The molecule has 0 radical (unpaired) electrons. The highest BCUT2D eigenvalue weighted by Crippen LogP contribution is 2.38. The first-order chi connectivity index (χ1) is 10.3. The van der Waals surface area contributed by atoms with Gasteiger partial charge in [-0.25, -0.2) is 19.5 Å². The summed E-state index contributed by atoms with van der Waals surface area (Å²) in [4.78, 5) is 29.4. The molecule has 0 saturated carbocycles. The fourth-order valence-electron chi connectivity index (χ4n) is 2.24. The zero-order valence-corrected chi connectivity index (χ0v) is 12.6. The van der Waals surface area contributed by atoms with Crippen LogP contribution in [0.3, 0.4) is 0 Å². The molecule has 0 spiro atoms. The molecule has 0 bridgehead atoms. The maximum atomic E-state index is 10.7. The van der Waals surface area contributed by atoms with Crippen molar-refractivity contribution in [2.45, 2.75) is 24.9 Å². The first kappa shape index (κ1) is 15.8. The van der Waals surface area contributed by atoms with Crippen LogP contribution in [0.15, 0.2) is 12.7 Å². The van der Waals surface area contributed by atoms with Crippen LogP contribution in [0.4, 0.5) is 0 Å². The van der Waals surface area contributed by atoms with Crippen molar-refractivity contribution < 1.29 is 28.7 Å². The van der Waals surface area contributed by atoms with Gasteiger partial charge in [0.1, 0.15) is 24.2 Å². The van der Waals surface area contributed by atoms with Gasteiger partial charge in [0.2, 0.25) is 0 Å². The third kappa shape index (κ3) is 3.13. The fraction of sp³-hybridized carbons (Fsp3) is 0.500. The maximum Gasteiger partial charge on any atom is 0.469 e. The number of imidazole rings is 1. The first-order valence-corrected chi connectivity index (χ1v) is 8.12. The van der Waals surface area contributed by atoms with E-state index in [0.717, 1.165) is 0 Å². The lowest BCUT2D eigenvalue weighted by molar-refractivity contribution is -0.0424. The number of hydrogen-bond donors (Lipinski definition) is 3. The number of aliphatic hydroxyl groups is 1. The molecule has 3 rings (SSSR count). The van der Waals surface area contributed by atoms with Crippen LogP contribution < -0.4 is 0 Å². The van der Waals surface area contributed by atoms with Crippen LogP contribution in [0.1, 0.15) is 12.6 Å². The molecule has 1 saturated heterocycles. The predicted molar refractivity (Wildman–Crippen MR) is 72.9 cm³/mol. The Morgan fingerprint density at radius 2 is 2.23 bits per heavy atom. The van der Waals surface area contributed by atoms with Gasteiger partial charge in [0.05, 0.1) is 19.0 Å². The Balaban J connectivity index is 1.78. The van der Waals surface area contributed by atoms with E-state index in [1.165, 1.54) is 12.7 Å². The summed E-state index contributed by atoms with van der Waals surface area (Å²) in [6, 6.07) is 0. The Kier molecular flexibility index (Phi) is 4.17. The molecule has 22 heavy (non-hydrogen) atoms. The zero-order valence-electron chi connectivity index (χ0n) is 11.0. The molecule has 120 valence electrons. The van der Waals surface area contributed by atoms with Crippen molar-refractivity contribution in [1.82, 2.24) is 19.5 Å². The molecule has 3 atom stereocenters. The lowest BCUT2D eigenvalue weighted by Gasteiger charge is -2.16. The van der Waals surface area contributed by atoms with E-state index in [4.69, 9.17) is 26.1 Å². The largest absolute Gasteiger partial charge is 0.469 e. The Morgan fingerprint density at radius 1 is 1.45 bits per heavy atom. The number of fused-ring (bicyclic) bond motifs is 1. The molecule has 12 heteroatoms. The predicted octanol–water partition coefficient (Wildman–Crippen LogP) is 0.237. The van der Waals surface area contributed by atoms with Crippen molar-refractivity contribution in [3.63, 3.8) is 0 Å². The van der Waals surface area contributed by atoms with Crippen molar-refractivity contribution in [3.8, 4) is 0 Å². The lowest BCUT2D eigenvalue weighted by Crippen LogP contribution is -2.25. The third-order valence-corrected chi connectivity index (χ3v) is 4.00. The van der Waals surface area contributed by atoms with E-state index in [0.29, 0.717) is 11.2 Å². The summed E-state index contributed by atoms with van der Waals surface area (Å²) in [7, 11) is -4.62. The molecular formula is C10H12ClN4O6P. The third-order valence-electron chi connectivity index (χ3n) is 3.24. The van der Waals surface area contributed by atoms with Gasteiger partial charge < -0.3 is 19.6 Å². The quantitative estimate of drug-likeness (QED) is 0.522. The van der Waals surface area contributed by atoms with Crippen LogP contribution in [0.2, 0.25) is 5.15 Å². The van der Waals surface area contributed by atoms with Crippen molar-refractivity contribution in [2.24, 2.45) is 0 Å². The number of hydrogen-bond acceptors (Lipinski definition) is 7. The van der Waals surface area contributed by atoms with Crippen molar-refractivity contribution in [2.75, 3.05) is 6.61 Å². The van der Waals surface area contributed by atoms with E-state index in [1.54, 1.807) is 4.57 Å². The molecule has 1 unspecified atom stereocenters. The Labute approximate surface area is 128 Å². The first-order valence-electron chi connectivity index (χ1n) is 6.22. The van der Waals surface area contributed by atoms with Gasteiger partial charge in [-0.2, -0.15) is 0 Å². The Morgan fingerprint density at radius 3 is 2.95 bits per heavy atom. The van der Waals surface area contributed by atoms with Gasteiger partial charge in [0.15, 0.2) is 10.8 Å². The average Bonchev–Trinajstić information content (AvgIpc) is 3.00. The van der Waals surface area contributed by atoms with Crippen molar-refractivity contribution >= 4 is 30.6 Å². The molecular weight excluding hydrogens is 339 g/mol. The Hall–Kier alpha value is -1.13. The van der Waals surface area contributed by atoms with Crippen LogP contribution in [0.25, 0.3) is 11.2 Å². The monoisotopic (exact) mass is 350 g/mol. The summed E-state index contributed by atoms with van der Waals surface area (Å²) in [5.41, 5.74) is 0.839. The number of phosphoric acid groups is 1. The van der Waals surface area contributed by atoms with Gasteiger partial charge >= 0.3 is 7.82 Å². The van der Waals surface area contributed by atoms with E-state index < -0.39 is 32.9 Å². The molecule has 1 aliphatic heterocycles. The summed E-state index contributed by atoms with van der Waals surface area (Å²) in [5.74, 6) is 0. The van der Waals surface area contributed by atoms with E-state index in [9.17, 15) is 9.67 Å². The van der Waals surface area contributed by atoms with Gasteiger partial charge in [0.25, 0.3) is 0 Å². The lowest BCUT2D eigenvalue weighted by atomic mass is 10.2. The van der Waals surface area contributed by atoms with Crippen molar-refractivity contribution in [1.29, 1.82) is 0 Å². The minimum absolute atomic E-state index is 0.197. The summed E-state index contributed by atoms with van der Waals surface area (Å²) in [5, 5.41) is 10.1. The molecule has 1 aliphatic rings. The molecule has 0 amide bonds. The van der Waals surface area contributed by atoms with Gasteiger partial charge in [-0.05, 0) is 0 Å². The minimum atomic E-state index is -4.62.